The van der Waals surface area contributed by atoms with E-state index in [1.54, 1.807) is 0 Å². The van der Waals surface area contributed by atoms with E-state index in [4.69, 9.17) is 9.52 Å². The van der Waals surface area contributed by atoms with Crippen LogP contribution in [0.15, 0.2) is 4.42 Å². The maximum atomic E-state index is 10.8. The van der Waals surface area contributed by atoms with E-state index in [0.717, 1.165) is 38.6 Å². The quantitative estimate of drug-likeness (QED) is 0.814. The molecule has 0 amide bonds. The molecule has 1 aliphatic carbocycles. The van der Waals surface area contributed by atoms with Gasteiger partial charge in [-0.15, -0.1) is 10.2 Å². The number of hydrogen-bond donors (Lipinski definition) is 2. The number of aliphatic carboxylic acids is 1. The molecular weight excluding hydrogens is 246 g/mol. The summed E-state index contributed by atoms with van der Waals surface area (Å²) < 4.78 is 5.41. The standard InChI is InChI=1S/C13H21N3O3/c1-2-11-15-16-12(19-11)8-14-7-9-3-5-10(6-4-9)13(17)18/h9-10,14H,2-8H2,1H3,(H,17,18). The molecule has 0 radical (unpaired) electrons. The first-order valence-corrected chi connectivity index (χ1v) is 6.93. The minimum atomic E-state index is -0.649. The molecule has 2 rings (SSSR count). The van der Waals surface area contributed by atoms with Gasteiger partial charge in [-0.25, -0.2) is 0 Å². The van der Waals surface area contributed by atoms with Gasteiger partial charge in [0.05, 0.1) is 12.5 Å². The van der Waals surface area contributed by atoms with Crippen LogP contribution in [0.5, 0.6) is 0 Å². The molecule has 0 atom stereocenters. The maximum absolute atomic E-state index is 10.8. The highest BCUT2D eigenvalue weighted by Crippen LogP contribution is 2.28. The third kappa shape index (κ3) is 4.02. The van der Waals surface area contributed by atoms with Crippen LogP contribution in [-0.4, -0.2) is 27.8 Å². The highest BCUT2D eigenvalue weighted by Gasteiger charge is 2.25. The number of rotatable bonds is 6. The highest BCUT2D eigenvalue weighted by atomic mass is 16.4. The fourth-order valence-corrected chi connectivity index (χ4v) is 2.50. The molecule has 1 heterocycles. The summed E-state index contributed by atoms with van der Waals surface area (Å²) in [6, 6.07) is 0. The van der Waals surface area contributed by atoms with Crippen molar-refractivity contribution >= 4 is 5.97 Å². The molecule has 0 bridgehead atoms. The van der Waals surface area contributed by atoms with Crippen molar-refractivity contribution in [3.8, 4) is 0 Å². The Morgan fingerprint density at radius 2 is 2.00 bits per heavy atom. The predicted molar refractivity (Wildman–Crippen MR) is 68.5 cm³/mol. The lowest BCUT2D eigenvalue weighted by Crippen LogP contribution is -2.28. The molecule has 6 nitrogen and oxygen atoms in total. The zero-order valence-corrected chi connectivity index (χ0v) is 11.3. The van der Waals surface area contributed by atoms with E-state index in [2.05, 4.69) is 15.5 Å². The van der Waals surface area contributed by atoms with Gasteiger partial charge < -0.3 is 14.8 Å². The maximum Gasteiger partial charge on any atom is 0.306 e. The fraction of sp³-hybridized carbons (Fsp3) is 0.769. The zero-order valence-electron chi connectivity index (χ0n) is 11.3. The number of aryl methyl sites for hydroxylation is 1. The lowest BCUT2D eigenvalue weighted by atomic mass is 9.82. The molecule has 6 heteroatoms. The second-order valence-corrected chi connectivity index (χ2v) is 5.13. The molecule has 1 aromatic heterocycles. The third-order valence-electron chi connectivity index (χ3n) is 3.72. The average Bonchev–Trinajstić information content (AvgIpc) is 2.87. The lowest BCUT2D eigenvalue weighted by Gasteiger charge is -2.25. The van der Waals surface area contributed by atoms with Crippen LogP contribution < -0.4 is 5.32 Å². The SMILES string of the molecule is CCc1nnc(CNCC2CCC(C(=O)O)CC2)o1. The highest BCUT2D eigenvalue weighted by molar-refractivity contribution is 5.69. The third-order valence-corrected chi connectivity index (χ3v) is 3.72. The van der Waals surface area contributed by atoms with Crippen molar-refractivity contribution < 1.29 is 14.3 Å². The van der Waals surface area contributed by atoms with Crippen molar-refractivity contribution in [2.45, 2.75) is 45.6 Å². The van der Waals surface area contributed by atoms with Gasteiger partial charge in [0, 0.05) is 6.42 Å². The first kappa shape index (κ1) is 14.0. The van der Waals surface area contributed by atoms with Gasteiger partial charge in [-0.05, 0) is 38.1 Å². The average molecular weight is 267 g/mol. The second-order valence-electron chi connectivity index (χ2n) is 5.13. The molecule has 106 valence electrons. The smallest absolute Gasteiger partial charge is 0.306 e. The normalized spacial score (nSPS) is 23.4. The summed E-state index contributed by atoms with van der Waals surface area (Å²) in [5.41, 5.74) is 0. The molecule has 1 fully saturated rings. The molecule has 0 saturated heterocycles. The molecular formula is C13H21N3O3. The van der Waals surface area contributed by atoms with Crippen molar-refractivity contribution in [1.29, 1.82) is 0 Å². The Morgan fingerprint density at radius 3 is 2.58 bits per heavy atom. The Morgan fingerprint density at radius 1 is 1.32 bits per heavy atom. The molecule has 1 saturated carbocycles. The summed E-state index contributed by atoms with van der Waals surface area (Å²) in [7, 11) is 0. The summed E-state index contributed by atoms with van der Waals surface area (Å²) in [4.78, 5) is 10.8. The summed E-state index contributed by atoms with van der Waals surface area (Å²) in [5.74, 6) is 1.06. The zero-order chi connectivity index (χ0) is 13.7. The topological polar surface area (TPSA) is 88.2 Å². The summed E-state index contributed by atoms with van der Waals surface area (Å²) in [6.07, 6.45) is 4.30. The molecule has 2 N–H and O–H groups in total. The Bertz CT molecular complexity index is 411. The van der Waals surface area contributed by atoms with Crippen LogP contribution in [0.4, 0.5) is 0 Å². The fourth-order valence-electron chi connectivity index (χ4n) is 2.50. The first-order valence-electron chi connectivity index (χ1n) is 6.93. The van der Waals surface area contributed by atoms with Crippen molar-refractivity contribution in [2.75, 3.05) is 6.54 Å². The second kappa shape index (κ2) is 6.65. The number of nitrogens with one attached hydrogen (secondary N) is 1. The van der Waals surface area contributed by atoms with E-state index in [9.17, 15) is 4.79 Å². The molecule has 19 heavy (non-hydrogen) atoms. The van der Waals surface area contributed by atoms with Crippen LogP contribution in [0.2, 0.25) is 0 Å². The number of carboxylic acid groups (broad SMARTS) is 1. The van der Waals surface area contributed by atoms with Crippen LogP contribution in [0.1, 0.15) is 44.4 Å². The van der Waals surface area contributed by atoms with Crippen molar-refractivity contribution in [3.63, 3.8) is 0 Å². The van der Waals surface area contributed by atoms with Crippen molar-refractivity contribution in [2.24, 2.45) is 11.8 Å². The van der Waals surface area contributed by atoms with E-state index in [1.807, 2.05) is 6.92 Å². The van der Waals surface area contributed by atoms with Gasteiger partial charge in [0.25, 0.3) is 0 Å². The van der Waals surface area contributed by atoms with E-state index in [0.29, 0.717) is 24.2 Å². The molecule has 1 aliphatic rings. The Kier molecular flexibility index (Phi) is 4.90. The minimum Gasteiger partial charge on any atom is -0.481 e. The van der Waals surface area contributed by atoms with Crippen LogP contribution in [0.25, 0.3) is 0 Å². The first-order chi connectivity index (χ1) is 9.19. The number of aromatic nitrogens is 2. The minimum absolute atomic E-state index is 0.140. The Labute approximate surface area is 112 Å². The van der Waals surface area contributed by atoms with E-state index in [1.165, 1.54) is 0 Å². The molecule has 0 spiro atoms. The van der Waals surface area contributed by atoms with Crippen molar-refractivity contribution in [3.05, 3.63) is 11.8 Å². The Hall–Kier alpha value is -1.43. The number of nitrogens with zero attached hydrogens (tertiary/aromatic N) is 2. The van der Waals surface area contributed by atoms with Crippen LogP contribution in [0.3, 0.4) is 0 Å². The molecule has 0 unspecified atom stereocenters. The number of carbonyl (C=O) groups is 1. The largest absolute Gasteiger partial charge is 0.481 e. The monoisotopic (exact) mass is 267 g/mol. The van der Waals surface area contributed by atoms with E-state index in [-0.39, 0.29) is 5.92 Å². The van der Waals surface area contributed by atoms with E-state index >= 15 is 0 Å². The van der Waals surface area contributed by atoms with E-state index < -0.39 is 5.97 Å². The summed E-state index contributed by atoms with van der Waals surface area (Å²) in [5, 5.41) is 20.1. The van der Waals surface area contributed by atoms with Gasteiger partial charge >= 0.3 is 5.97 Å². The summed E-state index contributed by atoms with van der Waals surface area (Å²) in [6.45, 7) is 3.45. The number of hydrogen-bond acceptors (Lipinski definition) is 5. The summed E-state index contributed by atoms with van der Waals surface area (Å²) >= 11 is 0. The molecule has 1 aromatic rings. The van der Waals surface area contributed by atoms with Gasteiger partial charge in [0.15, 0.2) is 0 Å². The van der Waals surface area contributed by atoms with Crippen LogP contribution in [-0.2, 0) is 17.8 Å². The lowest BCUT2D eigenvalue weighted by molar-refractivity contribution is -0.143. The molecule has 0 aliphatic heterocycles. The van der Waals surface area contributed by atoms with Gasteiger partial charge in [0.1, 0.15) is 0 Å². The van der Waals surface area contributed by atoms with Gasteiger partial charge in [-0.1, -0.05) is 6.92 Å². The Balaban J connectivity index is 1.65. The molecule has 0 aromatic carbocycles. The van der Waals surface area contributed by atoms with Crippen molar-refractivity contribution in [1.82, 2.24) is 15.5 Å². The van der Waals surface area contributed by atoms with Gasteiger partial charge in [-0.3, -0.25) is 4.79 Å². The van der Waals surface area contributed by atoms with Gasteiger partial charge in [-0.2, -0.15) is 0 Å². The van der Waals surface area contributed by atoms with Crippen LogP contribution in [0, 0.1) is 11.8 Å². The van der Waals surface area contributed by atoms with Crippen LogP contribution >= 0.6 is 0 Å². The number of carboxylic acids is 1. The predicted octanol–water partition coefficient (Wildman–Crippen LogP) is 1.61. The van der Waals surface area contributed by atoms with Gasteiger partial charge in [0.2, 0.25) is 11.8 Å².